The summed E-state index contributed by atoms with van der Waals surface area (Å²) < 4.78 is 30.5. The number of benzene rings is 3. The van der Waals surface area contributed by atoms with Gasteiger partial charge in [-0.25, -0.2) is 18.1 Å². The Morgan fingerprint density at radius 1 is 0.979 bits per heavy atom. The van der Waals surface area contributed by atoms with Crippen molar-refractivity contribution >= 4 is 49.6 Å². The maximum atomic E-state index is 13.9. The van der Waals surface area contributed by atoms with Crippen molar-refractivity contribution in [1.29, 1.82) is 0 Å². The van der Waals surface area contributed by atoms with E-state index in [2.05, 4.69) is 25.7 Å². The van der Waals surface area contributed by atoms with Crippen LogP contribution in [0, 0.1) is 5.92 Å². The number of hydrogen-bond acceptors (Lipinski definition) is 7. The molecule has 0 spiro atoms. The number of anilines is 1. The molecule has 2 aliphatic carbocycles. The predicted molar refractivity (Wildman–Crippen MR) is 180 cm³/mol. The van der Waals surface area contributed by atoms with Crippen LogP contribution >= 0.6 is 0 Å². The highest BCUT2D eigenvalue weighted by Crippen LogP contribution is 2.47. The number of amides is 2. The molecule has 7 rings (SSSR count). The molecule has 0 unspecified atom stereocenters. The number of imidazole rings is 1. The van der Waals surface area contributed by atoms with Gasteiger partial charge in [-0.15, -0.1) is 0 Å². The molecule has 2 aliphatic rings. The van der Waals surface area contributed by atoms with Crippen LogP contribution in [-0.4, -0.2) is 48.3 Å². The summed E-state index contributed by atoms with van der Waals surface area (Å²) in [6.45, 7) is 3.96. The summed E-state index contributed by atoms with van der Waals surface area (Å²) in [5.74, 6) is 0.263. The van der Waals surface area contributed by atoms with Crippen LogP contribution in [0.4, 0.5) is 5.95 Å². The van der Waals surface area contributed by atoms with E-state index in [1.54, 1.807) is 36.5 Å². The van der Waals surface area contributed by atoms with Crippen molar-refractivity contribution in [3.05, 3.63) is 95.3 Å². The van der Waals surface area contributed by atoms with Crippen molar-refractivity contribution in [2.45, 2.75) is 56.0 Å². The first kappa shape index (κ1) is 30.8. The molecule has 0 bridgehead atoms. The quantitative estimate of drug-likeness (QED) is 0.133. The smallest absolute Gasteiger partial charge is 0.251 e. The number of rotatable bonds is 11. The van der Waals surface area contributed by atoms with E-state index in [0.29, 0.717) is 46.7 Å². The number of pyridine rings is 1. The summed E-state index contributed by atoms with van der Waals surface area (Å²) in [6.07, 6.45) is 4.26. The van der Waals surface area contributed by atoms with Gasteiger partial charge in [-0.05, 0) is 72.7 Å². The molecule has 47 heavy (non-hydrogen) atoms. The minimum absolute atomic E-state index is 0.115. The van der Waals surface area contributed by atoms with Crippen LogP contribution in [0.25, 0.3) is 21.8 Å². The van der Waals surface area contributed by atoms with Crippen LogP contribution in [0.5, 0.6) is 0 Å². The van der Waals surface area contributed by atoms with Gasteiger partial charge in [0.2, 0.25) is 21.9 Å². The number of nitrogens with zero attached hydrogens (tertiary/aromatic N) is 2. The van der Waals surface area contributed by atoms with Crippen molar-refractivity contribution in [3.8, 4) is 0 Å². The van der Waals surface area contributed by atoms with Crippen LogP contribution in [0.1, 0.15) is 78.3 Å². The van der Waals surface area contributed by atoms with Gasteiger partial charge in [0.1, 0.15) is 0 Å². The fourth-order valence-electron chi connectivity index (χ4n) is 6.23. The third kappa shape index (κ3) is 6.43. The first-order valence-corrected chi connectivity index (χ1v) is 17.4. The lowest BCUT2D eigenvalue weighted by Gasteiger charge is -2.19. The van der Waals surface area contributed by atoms with E-state index in [1.807, 2.05) is 50.2 Å². The van der Waals surface area contributed by atoms with E-state index in [4.69, 9.17) is 9.97 Å². The number of sulfonamides is 1. The third-order valence-electron chi connectivity index (χ3n) is 8.72. The van der Waals surface area contributed by atoms with Crippen LogP contribution in [-0.2, 0) is 14.8 Å². The normalized spacial score (nSPS) is 17.6. The Hall–Kier alpha value is -4.81. The lowest BCUT2D eigenvalue weighted by molar-refractivity contribution is -0.120. The van der Waals surface area contributed by atoms with Crippen molar-refractivity contribution in [1.82, 2.24) is 30.3 Å². The van der Waals surface area contributed by atoms with Crippen molar-refractivity contribution < 1.29 is 18.0 Å². The number of fused-ring (bicyclic) bond motifs is 4. The standard InChI is InChI=1S/C35H37N7O4S/c1-20(2)17-38-47(45,46)31-15-24-29(39-32(43)19-37-34(44)22-8-4-3-5-9-22)16-30(42-35-40-26-10-6-7-11-27(26)41-35)33(24)25-18-36-28(14-23(25)31)21-12-13-21/h3-11,14-15,18,20-21,29-30,38H,12-13,16-17,19H2,1-2H3,(H,37,44)(H,39,43)(H2,40,41,42)/t29-,30-/m0/s1. The summed E-state index contributed by atoms with van der Waals surface area (Å²) in [5.41, 5.74) is 4.57. The number of para-hydroxylation sites is 2. The molecule has 11 nitrogen and oxygen atoms in total. The molecule has 0 saturated heterocycles. The highest BCUT2D eigenvalue weighted by molar-refractivity contribution is 7.89. The molecule has 12 heteroatoms. The zero-order chi connectivity index (χ0) is 32.7. The Bertz CT molecular complexity index is 2060. The highest BCUT2D eigenvalue weighted by atomic mass is 32.2. The number of H-pyrrole nitrogens is 1. The average molecular weight is 652 g/mol. The van der Waals surface area contributed by atoms with Crippen LogP contribution in [0.15, 0.2) is 77.8 Å². The molecule has 1 saturated carbocycles. The van der Waals surface area contributed by atoms with E-state index >= 15 is 0 Å². The second kappa shape index (κ2) is 12.4. The molecule has 0 aliphatic heterocycles. The Labute approximate surface area is 273 Å². The SMILES string of the molecule is CC(C)CNS(=O)(=O)c1cc2c(c3cnc(C4CC4)cc13)[C@@H](Nc1nc3ccccc3[nH]1)C[C@@H]2NC(=O)CNC(=O)c1ccccc1. The molecule has 5 aromatic rings. The summed E-state index contributed by atoms with van der Waals surface area (Å²) in [5, 5.41) is 10.6. The molecule has 1 fully saturated rings. The zero-order valence-electron chi connectivity index (χ0n) is 26.2. The van der Waals surface area contributed by atoms with E-state index < -0.39 is 16.1 Å². The molecule has 5 N–H and O–H groups in total. The van der Waals surface area contributed by atoms with Crippen LogP contribution in [0.3, 0.4) is 0 Å². The summed E-state index contributed by atoms with van der Waals surface area (Å²) in [6, 6.07) is 19.2. The van der Waals surface area contributed by atoms with Gasteiger partial charge in [-0.3, -0.25) is 14.6 Å². The largest absolute Gasteiger partial charge is 0.349 e. The Balaban J connectivity index is 1.27. The first-order chi connectivity index (χ1) is 22.7. The second-order valence-electron chi connectivity index (χ2n) is 12.8. The fourth-order valence-corrected chi connectivity index (χ4v) is 7.68. The van der Waals surface area contributed by atoms with Gasteiger partial charge in [-0.2, -0.15) is 0 Å². The molecule has 0 radical (unpaired) electrons. The highest BCUT2D eigenvalue weighted by Gasteiger charge is 2.37. The van der Waals surface area contributed by atoms with Crippen molar-refractivity contribution in [3.63, 3.8) is 0 Å². The average Bonchev–Trinajstić information content (AvgIpc) is 3.76. The van der Waals surface area contributed by atoms with Gasteiger partial charge in [0.25, 0.3) is 5.91 Å². The minimum atomic E-state index is -3.91. The summed E-state index contributed by atoms with van der Waals surface area (Å²) in [4.78, 5) is 38.9. The molecule has 2 aromatic heterocycles. The molecular formula is C35H37N7O4S. The van der Waals surface area contributed by atoms with Crippen molar-refractivity contribution in [2.24, 2.45) is 5.92 Å². The fraction of sp³-hybridized carbons (Fsp3) is 0.314. The monoisotopic (exact) mass is 651 g/mol. The Morgan fingerprint density at radius 2 is 1.74 bits per heavy atom. The summed E-state index contributed by atoms with van der Waals surface area (Å²) in [7, 11) is -3.91. The Kier molecular flexibility index (Phi) is 8.15. The van der Waals surface area contributed by atoms with E-state index in [0.717, 1.165) is 35.1 Å². The van der Waals surface area contributed by atoms with E-state index in [-0.39, 0.29) is 35.2 Å². The lowest BCUT2D eigenvalue weighted by atomic mass is 9.98. The van der Waals surface area contributed by atoms with Gasteiger partial charge in [0.15, 0.2) is 0 Å². The van der Waals surface area contributed by atoms with Crippen LogP contribution < -0.4 is 20.7 Å². The number of aromatic nitrogens is 3. The number of carbonyl (C=O) groups is 2. The molecule has 2 amide bonds. The summed E-state index contributed by atoms with van der Waals surface area (Å²) >= 11 is 0. The number of nitrogens with one attached hydrogen (secondary N) is 5. The van der Waals surface area contributed by atoms with Gasteiger partial charge in [0.05, 0.1) is 34.6 Å². The van der Waals surface area contributed by atoms with Crippen LogP contribution in [0.2, 0.25) is 0 Å². The lowest BCUT2D eigenvalue weighted by Crippen LogP contribution is -2.38. The van der Waals surface area contributed by atoms with E-state index in [9.17, 15) is 18.0 Å². The Morgan fingerprint density at radius 3 is 2.49 bits per heavy atom. The van der Waals surface area contributed by atoms with Crippen molar-refractivity contribution in [2.75, 3.05) is 18.4 Å². The molecule has 2 atom stereocenters. The predicted octanol–water partition coefficient (Wildman–Crippen LogP) is 5.07. The number of aromatic amines is 1. The molecular weight excluding hydrogens is 614 g/mol. The molecule has 2 heterocycles. The maximum Gasteiger partial charge on any atom is 0.251 e. The first-order valence-electron chi connectivity index (χ1n) is 16.0. The van der Waals surface area contributed by atoms with Gasteiger partial charge >= 0.3 is 0 Å². The van der Waals surface area contributed by atoms with Gasteiger partial charge in [-0.1, -0.05) is 44.2 Å². The topological polar surface area (TPSA) is 158 Å². The third-order valence-corrected chi connectivity index (χ3v) is 10.2. The second-order valence-corrected chi connectivity index (χ2v) is 14.5. The zero-order valence-corrected chi connectivity index (χ0v) is 27.0. The maximum absolute atomic E-state index is 13.9. The molecule has 3 aromatic carbocycles. The number of carbonyl (C=O) groups excluding carboxylic acids is 2. The number of hydrogen-bond donors (Lipinski definition) is 5. The minimum Gasteiger partial charge on any atom is -0.349 e. The van der Waals surface area contributed by atoms with E-state index in [1.165, 1.54) is 0 Å². The van der Waals surface area contributed by atoms with Gasteiger partial charge < -0.3 is 20.9 Å². The molecule has 242 valence electrons. The van der Waals surface area contributed by atoms with Gasteiger partial charge in [0, 0.05) is 40.7 Å².